The molecular formula is C14H30N2. The van der Waals surface area contributed by atoms with E-state index < -0.39 is 0 Å². The van der Waals surface area contributed by atoms with Crippen molar-refractivity contribution >= 4 is 0 Å². The summed E-state index contributed by atoms with van der Waals surface area (Å²) in [5.41, 5.74) is 6.10. The Morgan fingerprint density at radius 2 is 1.88 bits per heavy atom. The second-order valence-corrected chi connectivity index (χ2v) is 6.25. The summed E-state index contributed by atoms with van der Waals surface area (Å²) in [6.45, 7) is 11.3. The van der Waals surface area contributed by atoms with Crippen LogP contribution in [0.4, 0.5) is 0 Å². The normalized spacial score (nSPS) is 18.6. The molecule has 1 aliphatic rings. The standard InChI is InChI=1S/C14H30N2/c1-4-9-16(12-14(2,3)11-15)10-13-7-5-6-8-13/h13H,4-12,15H2,1-3H3. The molecule has 1 fully saturated rings. The second kappa shape index (κ2) is 6.61. The van der Waals surface area contributed by atoms with E-state index in [4.69, 9.17) is 5.73 Å². The predicted molar refractivity (Wildman–Crippen MR) is 71.5 cm³/mol. The van der Waals surface area contributed by atoms with Crippen molar-refractivity contribution in [1.82, 2.24) is 4.90 Å². The molecule has 0 heterocycles. The van der Waals surface area contributed by atoms with Crippen LogP contribution in [0.1, 0.15) is 52.9 Å². The van der Waals surface area contributed by atoms with E-state index in [1.165, 1.54) is 45.2 Å². The van der Waals surface area contributed by atoms with E-state index >= 15 is 0 Å². The average Bonchev–Trinajstić information content (AvgIpc) is 2.70. The number of nitrogens with two attached hydrogens (primary N) is 1. The maximum Gasteiger partial charge on any atom is 0.00449 e. The van der Waals surface area contributed by atoms with E-state index in [-0.39, 0.29) is 5.41 Å². The van der Waals surface area contributed by atoms with Crippen LogP contribution in [-0.2, 0) is 0 Å². The summed E-state index contributed by atoms with van der Waals surface area (Å²) in [4.78, 5) is 2.64. The van der Waals surface area contributed by atoms with Crippen LogP contribution < -0.4 is 5.73 Å². The van der Waals surface area contributed by atoms with E-state index in [1.807, 2.05) is 0 Å². The van der Waals surface area contributed by atoms with E-state index in [1.54, 1.807) is 0 Å². The summed E-state index contributed by atoms with van der Waals surface area (Å²) < 4.78 is 0. The van der Waals surface area contributed by atoms with Crippen molar-refractivity contribution in [1.29, 1.82) is 0 Å². The Balaban J connectivity index is 2.39. The first-order valence-electron chi connectivity index (χ1n) is 7.00. The van der Waals surface area contributed by atoms with E-state index in [2.05, 4.69) is 25.7 Å². The quantitative estimate of drug-likeness (QED) is 0.723. The van der Waals surface area contributed by atoms with Crippen molar-refractivity contribution in [2.75, 3.05) is 26.2 Å². The molecule has 0 amide bonds. The SMILES string of the molecule is CCCN(CC1CCCC1)CC(C)(C)CN. The summed E-state index contributed by atoms with van der Waals surface area (Å²) in [5.74, 6) is 0.958. The fourth-order valence-corrected chi connectivity index (χ4v) is 2.78. The van der Waals surface area contributed by atoms with E-state index in [0.29, 0.717) is 0 Å². The lowest BCUT2D eigenvalue weighted by atomic mass is 9.92. The molecule has 2 heteroatoms. The molecule has 0 spiro atoms. The van der Waals surface area contributed by atoms with Crippen LogP contribution in [0.2, 0.25) is 0 Å². The molecule has 0 saturated heterocycles. The van der Waals surface area contributed by atoms with Gasteiger partial charge in [0.15, 0.2) is 0 Å². The van der Waals surface area contributed by atoms with Crippen LogP contribution in [0, 0.1) is 11.3 Å². The highest BCUT2D eigenvalue weighted by Gasteiger charge is 2.23. The number of hydrogen-bond donors (Lipinski definition) is 1. The highest BCUT2D eigenvalue weighted by Crippen LogP contribution is 2.26. The fourth-order valence-electron chi connectivity index (χ4n) is 2.78. The van der Waals surface area contributed by atoms with Crippen molar-refractivity contribution in [3.63, 3.8) is 0 Å². The van der Waals surface area contributed by atoms with Crippen LogP contribution in [0.5, 0.6) is 0 Å². The molecule has 0 radical (unpaired) electrons. The van der Waals surface area contributed by atoms with Crippen molar-refractivity contribution in [3.8, 4) is 0 Å². The zero-order valence-electron chi connectivity index (χ0n) is 11.5. The highest BCUT2D eigenvalue weighted by molar-refractivity contribution is 4.78. The Morgan fingerprint density at radius 1 is 1.25 bits per heavy atom. The van der Waals surface area contributed by atoms with Gasteiger partial charge in [0.2, 0.25) is 0 Å². The predicted octanol–water partition coefficient (Wildman–Crippen LogP) is 2.87. The third kappa shape index (κ3) is 4.84. The molecule has 0 aromatic heterocycles. The molecule has 0 atom stereocenters. The largest absolute Gasteiger partial charge is 0.330 e. The van der Waals surface area contributed by atoms with Crippen LogP contribution in [0.25, 0.3) is 0 Å². The first-order valence-corrected chi connectivity index (χ1v) is 7.00. The summed E-state index contributed by atoms with van der Waals surface area (Å²) in [6, 6.07) is 0. The average molecular weight is 226 g/mol. The van der Waals surface area contributed by atoms with Crippen molar-refractivity contribution in [2.24, 2.45) is 17.1 Å². The lowest BCUT2D eigenvalue weighted by Gasteiger charge is -2.33. The molecule has 16 heavy (non-hydrogen) atoms. The van der Waals surface area contributed by atoms with Gasteiger partial charge in [0.05, 0.1) is 0 Å². The lowest BCUT2D eigenvalue weighted by molar-refractivity contribution is 0.160. The van der Waals surface area contributed by atoms with Crippen LogP contribution in [-0.4, -0.2) is 31.1 Å². The van der Waals surface area contributed by atoms with Gasteiger partial charge in [0.1, 0.15) is 0 Å². The molecule has 1 aliphatic carbocycles. The molecule has 0 aliphatic heterocycles. The molecule has 0 unspecified atom stereocenters. The van der Waals surface area contributed by atoms with Gasteiger partial charge in [-0.25, -0.2) is 0 Å². The number of nitrogens with zero attached hydrogens (tertiary/aromatic N) is 1. The molecule has 0 aromatic rings. The molecule has 1 saturated carbocycles. The zero-order valence-corrected chi connectivity index (χ0v) is 11.5. The highest BCUT2D eigenvalue weighted by atomic mass is 15.1. The van der Waals surface area contributed by atoms with Gasteiger partial charge in [-0.15, -0.1) is 0 Å². The number of rotatable bonds is 7. The van der Waals surface area contributed by atoms with Crippen molar-refractivity contribution in [2.45, 2.75) is 52.9 Å². The monoisotopic (exact) mass is 226 g/mol. The van der Waals surface area contributed by atoms with Gasteiger partial charge in [-0.05, 0) is 43.7 Å². The van der Waals surface area contributed by atoms with Gasteiger partial charge in [-0.3, -0.25) is 0 Å². The van der Waals surface area contributed by atoms with Gasteiger partial charge in [0, 0.05) is 13.1 Å². The Hall–Kier alpha value is -0.0800. The van der Waals surface area contributed by atoms with Crippen LogP contribution in [0.3, 0.4) is 0 Å². The minimum Gasteiger partial charge on any atom is -0.330 e. The van der Waals surface area contributed by atoms with E-state index in [0.717, 1.165) is 19.0 Å². The summed E-state index contributed by atoms with van der Waals surface area (Å²) >= 11 is 0. The minimum atomic E-state index is 0.272. The van der Waals surface area contributed by atoms with Gasteiger partial charge >= 0.3 is 0 Å². The number of hydrogen-bond acceptors (Lipinski definition) is 2. The Morgan fingerprint density at radius 3 is 2.38 bits per heavy atom. The molecule has 0 bridgehead atoms. The maximum absolute atomic E-state index is 5.83. The molecule has 1 rings (SSSR count). The smallest absolute Gasteiger partial charge is 0.00449 e. The molecule has 96 valence electrons. The third-order valence-electron chi connectivity index (χ3n) is 3.74. The molecule has 0 aromatic carbocycles. The fraction of sp³-hybridized carbons (Fsp3) is 1.00. The van der Waals surface area contributed by atoms with Crippen molar-refractivity contribution < 1.29 is 0 Å². The van der Waals surface area contributed by atoms with Gasteiger partial charge in [-0.2, -0.15) is 0 Å². The molecule has 2 N–H and O–H groups in total. The topological polar surface area (TPSA) is 29.3 Å². The lowest BCUT2D eigenvalue weighted by Crippen LogP contribution is -2.41. The second-order valence-electron chi connectivity index (χ2n) is 6.25. The van der Waals surface area contributed by atoms with Crippen LogP contribution in [0.15, 0.2) is 0 Å². The third-order valence-corrected chi connectivity index (χ3v) is 3.74. The molecular weight excluding hydrogens is 196 g/mol. The van der Waals surface area contributed by atoms with Gasteiger partial charge < -0.3 is 10.6 Å². The summed E-state index contributed by atoms with van der Waals surface area (Å²) in [6.07, 6.45) is 7.05. The van der Waals surface area contributed by atoms with E-state index in [9.17, 15) is 0 Å². The molecule has 2 nitrogen and oxygen atoms in total. The maximum atomic E-state index is 5.83. The Labute approximate surface area is 102 Å². The summed E-state index contributed by atoms with van der Waals surface area (Å²) in [7, 11) is 0. The first-order chi connectivity index (χ1) is 7.57. The Bertz CT molecular complexity index is 183. The van der Waals surface area contributed by atoms with Gasteiger partial charge in [0.25, 0.3) is 0 Å². The van der Waals surface area contributed by atoms with Gasteiger partial charge in [-0.1, -0.05) is 33.6 Å². The first kappa shape index (κ1) is 14.0. The Kier molecular flexibility index (Phi) is 5.77. The van der Waals surface area contributed by atoms with Crippen molar-refractivity contribution in [3.05, 3.63) is 0 Å². The summed E-state index contributed by atoms with van der Waals surface area (Å²) in [5, 5.41) is 0. The minimum absolute atomic E-state index is 0.272. The zero-order chi connectivity index (χ0) is 12.0. The van der Waals surface area contributed by atoms with Crippen LogP contribution >= 0.6 is 0 Å².